The first-order valence-electron chi connectivity index (χ1n) is 8.75. The van der Waals surface area contributed by atoms with Crippen molar-refractivity contribution in [2.24, 2.45) is 0 Å². The molecule has 0 radical (unpaired) electrons. The fourth-order valence-corrected chi connectivity index (χ4v) is 3.53. The molecule has 0 spiro atoms. The van der Waals surface area contributed by atoms with Gasteiger partial charge >= 0.3 is 0 Å². The van der Waals surface area contributed by atoms with Gasteiger partial charge < -0.3 is 10.1 Å². The Morgan fingerprint density at radius 3 is 2.58 bits per heavy atom. The first-order chi connectivity index (χ1) is 12.7. The van der Waals surface area contributed by atoms with Crippen LogP contribution in [0, 0.1) is 0 Å². The Morgan fingerprint density at radius 2 is 1.85 bits per heavy atom. The number of rotatable bonds is 7. The zero-order valence-electron chi connectivity index (χ0n) is 14.9. The van der Waals surface area contributed by atoms with Gasteiger partial charge in [-0.25, -0.2) is 4.98 Å². The molecule has 1 atom stereocenters. The van der Waals surface area contributed by atoms with Crippen molar-refractivity contribution >= 4 is 34.3 Å². The number of anilines is 1. The molecule has 5 heteroatoms. The molecular formula is C21H22N2O2S. The molecule has 3 aromatic rings. The van der Waals surface area contributed by atoms with Crippen molar-refractivity contribution in [3.8, 4) is 5.75 Å². The topological polar surface area (TPSA) is 51.2 Å². The number of nitrogens with zero attached hydrogens (tertiary/aromatic N) is 1. The Morgan fingerprint density at radius 1 is 1.08 bits per heavy atom. The van der Waals surface area contributed by atoms with Gasteiger partial charge in [0.25, 0.3) is 0 Å². The SMILES string of the molecule is CCOc1ccc(NC(=O)C(CC)Sc2ccc3ccccc3n2)cc1. The molecule has 0 saturated carbocycles. The zero-order valence-corrected chi connectivity index (χ0v) is 15.8. The number of para-hydroxylation sites is 1. The maximum atomic E-state index is 12.6. The predicted molar refractivity (Wildman–Crippen MR) is 108 cm³/mol. The Balaban J connectivity index is 1.67. The van der Waals surface area contributed by atoms with E-state index in [2.05, 4.69) is 10.3 Å². The van der Waals surface area contributed by atoms with Crippen molar-refractivity contribution in [1.82, 2.24) is 4.98 Å². The lowest BCUT2D eigenvalue weighted by molar-refractivity contribution is -0.115. The summed E-state index contributed by atoms with van der Waals surface area (Å²) in [4.78, 5) is 17.3. The third kappa shape index (κ3) is 4.55. The lowest BCUT2D eigenvalue weighted by Crippen LogP contribution is -2.24. The third-order valence-electron chi connectivity index (χ3n) is 3.93. The minimum atomic E-state index is -0.199. The number of carbonyl (C=O) groups is 1. The minimum absolute atomic E-state index is 0.0170. The molecule has 1 amide bonds. The summed E-state index contributed by atoms with van der Waals surface area (Å²) in [5.41, 5.74) is 1.71. The van der Waals surface area contributed by atoms with Gasteiger partial charge in [0.05, 0.1) is 22.4 Å². The molecule has 1 N–H and O–H groups in total. The van der Waals surface area contributed by atoms with Crippen molar-refractivity contribution in [2.75, 3.05) is 11.9 Å². The van der Waals surface area contributed by atoms with Crippen LogP contribution in [0.25, 0.3) is 10.9 Å². The van der Waals surface area contributed by atoms with Crippen LogP contribution < -0.4 is 10.1 Å². The highest BCUT2D eigenvalue weighted by Gasteiger charge is 2.19. The number of hydrogen-bond acceptors (Lipinski definition) is 4. The van der Waals surface area contributed by atoms with Gasteiger partial charge in [0.1, 0.15) is 5.75 Å². The maximum Gasteiger partial charge on any atom is 0.237 e. The predicted octanol–water partition coefficient (Wildman–Crippen LogP) is 5.14. The van der Waals surface area contributed by atoms with Gasteiger partial charge in [-0.3, -0.25) is 4.79 Å². The molecule has 26 heavy (non-hydrogen) atoms. The number of carbonyl (C=O) groups excluding carboxylic acids is 1. The number of benzene rings is 2. The molecule has 134 valence electrons. The van der Waals surface area contributed by atoms with Crippen LogP contribution in [0.1, 0.15) is 20.3 Å². The summed E-state index contributed by atoms with van der Waals surface area (Å²) in [6.45, 7) is 4.58. The summed E-state index contributed by atoms with van der Waals surface area (Å²) in [6, 6.07) is 19.4. The second-order valence-electron chi connectivity index (χ2n) is 5.80. The summed E-state index contributed by atoms with van der Waals surface area (Å²) >= 11 is 1.49. The first-order valence-corrected chi connectivity index (χ1v) is 9.63. The zero-order chi connectivity index (χ0) is 18.4. The molecule has 0 fully saturated rings. The maximum absolute atomic E-state index is 12.6. The number of ether oxygens (including phenoxy) is 1. The van der Waals surface area contributed by atoms with Crippen LogP contribution in [-0.2, 0) is 4.79 Å². The molecule has 3 rings (SSSR count). The van der Waals surface area contributed by atoms with Crippen molar-refractivity contribution < 1.29 is 9.53 Å². The molecule has 1 unspecified atom stereocenters. The number of fused-ring (bicyclic) bond motifs is 1. The van der Waals surface area contributed by atoms with Gasteiger partial charge in [0.15, 0.2) is 0 Å². The van der Waals surface area contributed by atoms with Crippen molar-refractivity contribution in [3.63, 3.8) is 0 Å². The standard InChI is InChI=1S/C21H22N2O2S/c1-3-19(21(24)22-16-10-12-17(13-11-16)25-4-2)26-20-14-9-15-7-5-6-8-18(15)23-20/h5-14,19H,3-4H2,1-2H3,(H,22,24). The van der Waals surface area contributed by atoms with E-state index in [9.17, 15) is 4.79 Å². The van der Waals surface area contributed by atoms with Crippen LogP contribution in [0.15, 0.2) is 65.7 Å². The Hall–Kier alpha value is -2.53. The van der Waals surface area contributed by atoms with E-state index in [0.717, 1.165) is 33.8 Å². The Labute approximate surface area is 158 Å². The average molecular weight is 366 g/mol. The van der Waals surface area contributed by atoms with Gasteiger partial charge in [-0.2, -0.15) is 0 Å². The lowest BCUT2D eigenvalue weighted by Gasteiger charge is -2.15. The summed E-state index contributed by atoms with van der Waals surface area (Å²) in [6.07, 6.45) is 0.724. The first kappa shape index (κ1) is 18.3. The molecule has 0 aliphatic heterocycles. The highest BCUT2D eigenvalue weighted by atomic mass is 32.2. The number of pyridine rings is 1. The largest absolute Gasteiger partial charge is 0.494 e. The quantitative estimate of drug-likeness (QED) is 0.588. The van der Waals surface area contributed by atoms with Crippen LogP contribution in [0.2, 0.25) is 0 Å². The number of nitrogens with one attached hydrogen (secondary N) is 1. The van der Waals surface area contributed by atoms with Gasteiger partial charge in [-0.05, 0) is 49.7 Å². The van der Waals surface area contributed by atoms with Gasteiger partial charge in [0.2, 0.25) is 5.91 Å². The number of thioether (sulfide) groups is 1. The Bertz CT molecular complexity index is 881. The molecule has 0 saturated heterocycles. The van der Waals surface area contributed by atoms with E-state index in [1.54, 1.807) is 0 Å². The van der Waals surface area contributed by atoms with Gasteiger partial charge in [-0.1, -0.05) is 43.0 Å². The average Bonchev–Trinajstić information content (AvgIpc) is 2.67. The molecule has 4 nitrogen and oxygen atoms in total. The van der Waals surface area contributed by atoms with Crippen LogP contribution in [-0.4, -0.2) is 22.7 Å². The number of aromatic nitrogens is 1. The third-order valence-corrected chi connectivity index (χ3v) is 5.23. The fourth-order valence-electron chi connectivity index (χ4n) is 2.60. The monoisotopic (exact) mass is 366 g/mol. The fraction of sp³-hybridized carbons (Fsp3) is 0.238. The van der Waals surface area contributed by atoms with Crippen LogP contribution in [0.5, 0.6) is 5.75 Å². The molecule has 0 bridgehead atoms. The molecular weight excluding hydrogens is 344 g/mol. The highest BCUT2D eigenvalue weighted by Crippen LogP contribution is 2.27. The second-order valence-corrected chi connectivity index (χ2v) is 7.03. The van der Waals surface area contributed by atoms with Crippen LogP contribution in [0.4, 0.5) is 5.69 Å². The second kappa shape index (κ2) is 8.72. The van der Waals surface area contributed by atoms with Gasteiger partial charge in [-0.15, -0.1) is 0 Å². The van der Waals surface area contributed by atoms with E-state index in [1.165, 1.54) is 11.8 Å². The minimum Gasteiger partial charge on any atom is -0.494 e. The van der Waals surface area contributed by atoms with Crippen LogP contribution >= 0.6 is 11.8 Å². The highest BCUT2D eigenvalue weighted by molar-refractivity contribution is 8.00. The molecule has 0 aliphatic carbocycles. The Kier molecular flexibility index (Phi) is 6.12. The van der Waals surface area contributed by atoms with E-state index in [4.69, 9.17) is 4.74 Å². The normalized spacial score (nSPS) is 11.9. The van der Waals surface area contributed by atoms with Crippen molar-refractivity contribution in [3.05, 3.63) is 60.7 Å². The van der Waals surface area contributed by atoms with E-state index >= 15 is 0 Å². The van der Waals surface area contributed by atoms with E-state index in [-0.39, 0.29) is 11.2 Å². The van der Waals surface area contributed by atoms with E-state index < -0.39 is 0 Å². The summed E-state index contributed by atoms with van der Waals surface area (Å²) in [5, 5.41) is 4.74. The smallest absolute Gasteiger partial charge is 0.237 e. The number of amides is 1. The number of hydrogen-bond donors (Lipinski definition) is 1. The summed E-state index contributed by atoms with van der Waals surface area (Å²) in [7, 11) is 0. The molecule has 0 aliphatic rings. The lowest BCUT2D eigenvalue weighted by atomic mass is 10.2. The van der Waals surface area contributed by atoms with E-state index in [1.807, 2.05) is 74.5 Å². The molecule has 1 heterocycles. The van der Waals surface area contributed by atoms with Crippen molar-refractivity contribution in [1.29, 1.82) is 0 Å². The van der Waals surface area contributed by atoms with Crippen LogP contribution in [0.3, 0.4) is 0 Å². The summed E-state index contributed by atoms with van der Waals surface area (Å²) < 4.78 is 5.42. The molecule has 2 aromatic carbocycles. The summed E-state index contributed by atoms with van der Waals surface area (Å²) in [5.74, 6) is 0.781. The van der Waals surface area contributed by atoms with Gasteiger partial charge in [0, 0.05) is 11.1 Å². The van der Waals surface area contributed by atoms with E-state index in [0.29, 0.717) is 6.61 Å². The molecule has 1 aromatic heterocycles. The van der Waals surface area contributed by atoms with Crippen molar-refractivity contribution in [2.45, 2.75) is 30.5 Å².